The number of halogens is 1. The average Bonchev–Trinajstić information content (AvgIpc) is 3.97. The van der Waals surface area contributed by atoms with Crippen molar-refractivity contribution in [3.63, 3.8) is 0 Å². The summed E-state index contributed by atoms with van der Waals surface area (Å²) in [6.45, 7) is 0. The number of fused-ring (bicyclic) bond motifs is 17. The third-order valence-electron chi connectivity index (χ3n) is 12.2. The van der Waals surface area contributed by atoms with Gasteiger partial charge < -0.3 is 4.57 Å². The van der Waals surface area contributed by atoms with Crippen LogP contribution < -0.4 is 0 Å². The summed E-state index contributed by atoms with van der Waals surface area (Å²) < 4.78 is 20.5. The topological polar surface area (TPSA) is 30.7 Å². The fourth-order valence-corrected chi connectivity index (χ4v) is 12.0. The molecular formula is C52H30FN3S2. The molecule has 0 saturated carbocycles. The Kier molecular flexibility index (Phi) is 6.77. The Hall–Kier alpha value is -6.73. The lowest BCUT2D eigenvalue weighted by Crippen LogP contribution is -2.05. The van der Waals surface area contributed by atoms with E-state index in [1.54, 1.807) is 23.5 Å². The fourth-order valence-electron chi connectivity index (χ4n) is 9.54. The van der Waals surface area contributed by atoms with Crippen molar-refractivity contribution in [2.24, 2.45) is 0 Å². The molecule has 4 heterocycles. The highest BCUT2D eigenvalue weighted by Gasteiger charge is 2.25. The highest BCUT2D eigenvalue weighted by atomic mass is 32.1. The van der Waals surface area contributed by atoms with E-state index >= 15 is 0 Å². The molecule has 0 fully saturated rings. The molecule has 8 aromatic carbocycles. The Bertz CT molecular complexity index is 3790. The van der Waals surface area contributed by atoms with Crippen LogP contribution >= 0.6 is 22.7 Å². The molecule has 0 spiro atoms. The summed E-state index contributed by atoms with van der Waals surface area (Å²) in [6.07, 6.45) is 5.69. The van der Waals surface area contributed by atoms with E-state index in [4.69, 9.17) is 9.97 Å². The van der Waals surface area contributed by atoms with Crippen molar-refractivity contribution in [1.29, 1.82) is 0 Å². The van der Waals surface area contributed by atoms with Crippen LogP contribution in [0, 0.1) is 0 Å². The normalized spacial score (nSPS) is 14.8. The number of nitrogens with zero attached hydrogens (tertiary/aromatic N) is 3. The highest BCUT2D eigenvalue weighted by molar-refractivity contribution is 7.27. The van der Waals surface area contributed by atoms with Gasteiger partial charge in [0.05, 0.1) is 27.1 Å². The molecule has 6 heteroatoms. The minimum atomic E-state index is -0.204. The lowest BCUT2D eigenvalue weighted by atomic mass is 9.93. The van der Waals surface area contributed by atoms with Crippen LogP contribution in [0.3, 0.4) is 0 Å². The number of thiophene rings is 2. The van der Waals surface area contributed by atoms with Crippen molar-refractivity contribution in [1.82, 2.24) is 14.5 Å². The number of allylic oxidation sites excluding steroid dienone is 4. The quantitative estimate of drug-likeness (QED) is 0.179. The van der Waals surface area contributed by atoms with Crippen LogP contribution in [-0.2, 0) is 0 Å². The minimum absolute atomic E-state index is 0.0842. The van der Waals surface area contributed by atoms with E-state index in [0.29, 0.717) is 6.42 Å². The predicted octanol–water partition coefficient (Wildman–Crippen LogP) is 15.3. The van der Waals surface area contributed by atoms with E-state index in [9.17, 15) is 4.39 Å². The van der Waals surface area contributed by atoms with Gasteiger partial charge in [-0.2, -0.15) is 0 Å². The number of aromatic nitrogens is 3. The molecular weight excluding hydrogens is 750 g/mol. The van der Waals surface area contributed by atoms with Crippen molar-refractivity contribution in [3.05, 3.63) is 175 Å². The Morgan fingerprint density at radius 1 is 0.552 bits per heavy atom. The number of rotatable bonds is 3. The molecule has 0 amide bonds. The molecule has 0 bridgehead atoms. The zero-order valence-electron chi connectivity index (χ0n) is 30.9. The zero-order chi connectivity index (χ0) is 38.1. The van der Waals surface area contributed by atoms with E-state index in [1.807, 2.05) is 17.4 Å². The summed E-state index contributed by atoms with van der Waals surface area (Å²) in [7, 11) is 0. The first-order chi connectivity index (χ1) is 28.7. The maximum atomic E-state index is 14.3. The summed E-state index contributed by atoms with van der Waals surface area (Å²) in [5.74, 6) is -0.288. The fraction of sp³-hybridized carbons (Fsp3) is 0.0385. The van der Waals surface area contributed by atoms with Crippen LogP contribution in [0.2, 0.25) is 0 Å². The molecule has 1 aliphatic rings. The van der Waals surface area contributed by atoms with E-state index in [-0.39, 0.29) is 11.7 Å². The van der Waals surface area contributed by atoms with Gasteiger partial charge in [0.1, 0.15) is 16.2 Å². The smallest absolute Gasteiger partial charge is 0.143 e. The molecule has 1 unspecified atom stereocenters. The molecule has 13 rings (SSSR count). The summed E-state index contributed by atoms with van der Waals surface area (Å²) in [5.41, 5.74) is 7.12. The van der Waals surface area contributed by atoms with Crippen LogP contribution in [0.25, 0.3) is 112 Å². The largest absolute Gasteiger partial charge is 0.307 e. The standard InChI is InChI=1S/C52H30FN3S2/c53-33-23-17-31(18-24-33)45-46(55-52-47(54-45)39-15-7-8-16-42(39)57-52)32-19-25-34(26-20-32)56-48-35-11-3-1-9-29(35)21-27-40(48)43-37-13-5-6-14-38(37)44-41-28-22-30-10-2-4-12-36(30)50(41)58-51(44)49(43)56/h1-17,19-28,31H,18H2. The molecule has 58 heavy (non-hydrogen) atoms. The second kappa shape index (κ2) is 12.1. The van der Waals surface area contributed by atoms with E-state index in [1.165, 1.54) is 74.3 Å². The number of benzene rings is 8. The summed E-state index contributed by atoms with van der Waals surface area (Å²) in [4.78, 5) is 11.6. The Morgan fingerprint density at radius 2 is 1.22 bits per heavy atom. The second-order valence-electron chi connectivity index (χ2n) is 15.3. The van der Waals surface area contributed by atoms with Crippen LogP contribution in [0.1, 0.15) is 18.0 Å². The molecule has 0 aliphatic heterocycles. The first-order valence-electron chi connectivity index (χ1n) is 19.6. The molecule has 0 N–H and O–H groups in total. The van der Waals surface area contributed by atoms with Gasteiger partial charge in [-0.1, -0.05) is 133 Å². The second-order valence-corrected chi connectivity index (χ2v) is 17.4. The number of hydrogen-bond donors (Lipinski definition) is 0. The van der Waals surface area contributed by atoms with E-state index in [2.05, 4.69) is 150 Å². The summed E-state index contributed by atoms with van der Waals surface area (Å²) in [5, 5.41) is 13.7. The third-order valence-corrected chi connectivity index (χ3v) is 14.5. The van der Waals surface area contributed by atoms with Gasteiger partial charge in [-0.25, -0.2) is 14.4 Å². The van der Waals surface area contributed by atoms with Gasteiger partial charge in [0, 0.05) is 58.9 Å². The SMILES string of the molecule is FC1=CCC(c2nc3c(nc2-c2ccc(-n4c5c6ccccc6ccc5c5c6ccccc6c6c7ccc8ccccc8c7sc6c54)cc2)sc2ccccc23)C=C1. The van der Waals surface area contributed by atoms with Crippen LogP contribution in [0.4, 0.5) is 4.39 Å². The number of hydrogen-bond acceptors (Lipinski definition) is 4. The van der Waals surface area contributed by atoms with Gasteiger partial charge in [0.2, 0.25) is 0 Å². The van der Waals surface area contributed by atoms with Gasteiger partial charge in [0.15, 0.2) is 0 Å². The lowest BCUT2D eigenvalue weighted by molar-refractivity contribution is 0.641. The predicted molar refractivity (Wildman–Crippen MR) is 246 cm³/mol. The Morgan fingerprint density at radius 3 is 2.00 bits per heavy atom. The molecule has 3 nitrogen and oxygen atoms in total. The molecule has 0 saturated heterocycles. The van der Waals surface area contributed by atoms with E-state index in [0.717, 1.165) is 43.1 Å². The van der Waals surface area contributed by atoms with Crippen molar-refractivity contribution in [2.45, 2.75) is 12.3 Å². The zero-order valence-corrected chi connectivity index (χ0v) is 32.5. The van der Waals surface area contributed by atoms with Crippen LogP contribution in [-0.4, -0.2) is 14.5 Å². The van der Waals surface area contributed by atoms with Gasteiger partial charge in [0.25, 0.3) is 0 Å². The van der Waals surface area contributed by atoms with Crippen molar-refractivity contribution < 1.29 is 4.39 Å². The Balaban J connectivity index is 1.12. The molecule has 1 atom stereocenters. The summed E-state index contributed by atoms with van der Waals surface area (Å²) >= 11 is 3.58. The lowest BCUT2D eigenvalue weighted by Gasteiger charge is -2.17. The average molecular weight is 780 g/mol. The molecule has 0 radical (unpaired) electrons. The Labute approximate surface area is 339 Å². The van der Waals surface area contributed by atoms with Gasteiger partial charge >= 0.3 is 0 Å². The van der Waals surface area contributed by atoms with Crippen molar-refractivity contribution >= 4 is 117 Å². The van der Waals surface area contributed by atoms with Gasteiger partial charge in [-0.05, 0) is 63.7 Å². The molecule has 12 aromatic rings. The maximum Gasteiger partial charge on any atom is 0.143 e. The maximum absolute atomic E-state index is 14.3. The summed E-state index contributed by atoms with van der Waals surface area (Å²) in [6, 6.07) is 52.9. The van der Waals surface area contributed by atoms with Gasteiger partial charge in [-0.15, -0.1) is 22.7 Å². The molecule has 272 valence electrons. The minimum Gasteiger partial charge on any atom is -0.307 e. The van der Waals surface area contributed by atoms with Crippen molar-refractivity contribution in [2.75, 3.05) is 0 Å². The van der Waals surface area contributed by atoms with Crippen molar-refractivity contribution in [3.8, 4) is 16.9 Å². The van der Waals surface area contributed by atoms with Gasteiger partial charge in [-0.3, -0.25) is 0 Å². The van der Waals surface area contributed by atoms with E-state index < -0.39 is 0 Å². The first kappa shape index (κ1) is 32.4. The monoisotopic (exact) mass is 779 g/mol. The van der Waals surface area contributed by atoms with Crippen LogP contribution in [0.5, 0.6) is 0 Å². The third kappa shape index (κ3) is 4.53. The molecule has 4 aromatic heterocycles. The first-order valence-corrected chi connectivity index (χ1v) is 21.3. The van der Waals surface area contributed by atoms with Crippen LogP contribution in [0.15, 0.2) is 170 Å². The molecule has 1 aliphatic carbocycles. The highest BCUT2D eigenvalue weighted by Crippen LogP contribution is 2.50.